The zero-order valence-electron chi connectivity index (χ0n) is 8.52. The third-order valence-corrected chi connectivity index (χ3v) is 2.66. The molecule has 0 fully saturated rings. The fraction of sp³-hybridized carbons (Fsp3) is 0.273. The Morgan fingerprint density at radius 3 is 2.56 bits per heavy atom. The fourth-order valence-electron chi connectivity index (χ4n) is 1.31. The number of carboxylic acid groups (broad SMARTS) is 1. The van der Waals surface area contributed by atoms with E-state index in [0.717, 1.165) is 10.0 Å². The lowest BCUT2D eigenvalue weighted by atomic mass is 10.1. The first-order valence-electron chi connectivity index (χ1n) is 4.81. The Morgan fingerprint density at radius 1 is 1.44 bits per heavy atom. The molecule has 2 N–H and O–H groups in total. The maximum absolute atomic E-state index is 10.6. The summed E-state index contributed by atoms with van der Waals surface area (Å²) < 4.78 is 0.992. The second-order valence-corrected chi connectivity index (χ2v) is 4.27. The first-order valence-corrected chi connectivity index (χ1v) is 5.60. The van der Waals surface area contributed by atoms with E-state index >= 15 is 0 Å². The smallest absolute Gasteiger partial charge is 0.405 e. The summed E-state index contributed by atoms with van der Waals surface area (Å²) in [6, 6.07) is 7.06. The topological polar surface area (TPSA) is 66.4 Å². The van der Waals surface area contributed by atoms with E-state index in [9.17, 15) is 9.59 Å². The van der Waals surface area contributed by atoms with Crippen molar-refractivity contribution >= 4 is 28.3 Å². The predicted molar refractivity (Wildman–Crippen MR) is 63.5 cm³/mol. The van der Waals surface area contributed by atoms with Crippen LogP contribution in [-0.2, 0) is 11.2 Å². The molecule has 5 heteroatoms. The maximum Gasteiger partial charge on any atom is 0.405 e. The molecule has 0 unspecified atom stereocenters. The van der Waals surface area contributed by atoms with E-state index in [1.165, 1.54) is 0 Å². The van der Waals surface area contributed by atoms with Crippen LogP contribution in [-0.4, -0.2) is 23.5 Å². The number of halogens is 1. The van der Waals surface area contributed by atoms with Gasteiger partial charge >= 0.3 is 6.09 Å². The number of aldehydes is 1. The summed E-state index contributed by atoms with van der Waals surface area (Å²) in [6.45, 7) is 0. The third-order valence-electron chi connectivity index (χ3n) is 2.13. The van der Waals surface area contributed by atoms with Gasteiger partial charge in [-0.05, 0) is 30.5 Å². The summed E-state index contributed by atoms with van der Waals surface area (Å²) in [4.78, 5) is 20.9. The minimum absolute atomic E-state index is 0.470. The molecule has 4 nitrogen and oxygen atoms in total. The summed E-state index contributed by atoms with van der Waals surface area (Å²) in [7, 11) is 0. The molecule has 1 aromatic rings. The number of carbonyl (C=O) groups excluding carboxylic acids is 1. The molecule has 1 aromatic carbocycles. The molecule has 0 saturated heterocycles. The van der Waals surface area contributed by atoms with Crippen molar-refractivity contribution in [3.05, 3.63) is 34.3 Å². The molecule has 0 bridgehead atoms. The Balaban J connectivity index is 2.46. The van der Waals surface area contributed by atoms with E-state index in [0.29, 0.717) is 19.1 Å². The molecule has 0 spiro atoms. The van der Waals surface area contributed by atoms with E-state index in [4.69, 9.17) is 5.11 Å². The summed E-state index contributed by atoms with van der Waals surface area (Å²) in [5.74, 6) is 0. The van der Waals surface area contributed by atoms with Crippen LogP contribution in [0.4, 0.5) is 4.79 Å². The van der Waals surface area contributed by atoms with Crippen molar-refractivity contribution in [3.63, 3.8) is 0 Å². The fourth-order valence-corrected chi connectivity index (χ4v) is 1.57. The Morgan fingerprint density at radius 2 is 2.06 bits per heavy atom. The molecule has 0 heterocycles. The molecular formula is C11H12BrNO3. The Hall–Kier alpha value is -1.36. The molecule has 16 heavy (non-hydrogen) atoms. The summed E-state index contributed by atoms with van der Waals surface area (Å²) in [5, 5.41) is 10.6. The number of benzene rings is 1. The van der Waals surface area contributed by atoms with Crippen molar-refractivity contribution < 1.29 is 14.7 Å². The van der Waals surface area contributed by atoms with Gasteiger partial charge in [-0.2, -0.15) is 0 Å². The third kappa shape index (κ3) is 4.44. The lowest BCUT2D eigenvalue weighted by Crippen LogP contribution is -2.35. The van der Waals surface area contributed by atoms with Gasteiger partial charge in [-0.25, -0.2) is 4.79 Å². The van der Waals surface area contributed by atoms with Crippen molar-refractivity contribution in [2.45, 2.75) is 18.9 Å². The Kier molecular flexibility index (Phi) is 4.98. The molecule has 0 aliphatic heterocycles. The quantitative estimate of drug-likeness (QED) is 0.816. The van der Waals surface area contributed by atoms with Gasteiger partial charge in [-0.1, -0.05) is 28.1 Å². The zero-order chi connectivity index (χ0) is 12.0. The van der Waals surface area contributed by atoms with Crippen LogP contribution in [0.1, 0.15) is 12.0 Å². The summed E-state index contributed by atoms with van der Waals surface area (Å²) in [5.41, 5.74) is 1.07. The van der Waals surface area contributed by atoms with E-state index in [2.05, 4.69) is 21.2 Å². The lowest BCUT2D eigenvalue weighted by Gasteiger charge is -2.09. The highest BCUT2D eigenvalue weighted by atomic mass is 79.9. The van der Waals surface area contributed by atoms with Crippen LogP contribution in [0.2, 0.25) is 0 Å². The van der Waals surface area contributed by atoms with Crippen molar-refractivity contribution in [1.29, 1.82) is 0 Å². The molecule has 86 valence electrons. The first kappa shape index (κ1) is 12.7. The van der Waals surface area contributed by atoms with Crippen LogP contribution in [0, 0.1) is 0 Å². The van der Waals surface area contributed by atoms with Crippen molar-refractivity contribution in [3.8, 4) is 0 Å². The Bertz CT molecular complexity index is 364. The largest absolute Gasteiger partial charge is 0.465 e. The number of amides is 1. The minimum Gasteiger partial charge on any atom is -0.465 e. The monoisotopic (exact) mass is 285 g/mol. The van der Waals surface area contributed by atoms with E-state index in [1.807, 2.05) is 24.3 Å². The number of rotatable bonds is 5. The van der Waals surface area contributed by atoms with E-state index in [-0.39, 0.29) is 0 Å². The lowest BCUT2D eigenvalue weighted by molar-refractivity contribution is -0.109. The van der Waals surface area contributed by atoms with Crippen molar-refractivity contribution in [2.24, 2.45) is 0 Å². The van der Waals surface area contributed by atoms with Crippen LogP contribution in [0.3, 0.4) is 0 Å². The number of nitrogens with one attached hydrogen (secondary N) is 1. The number of aryl methyl sites for hydroxylation is 1. The van der Waals surface area contributed by atoms with Gasteiger partial charge in [0.15, 0.2) is 0 Å². The van der Waals surface area contributed by atoms with Gasteiger partial charge in [0.05, 0.1) is 6.04 Å². The van der Waals surface area contributed by atoms with Gasteiger partial charge in [0.1, 0.15) is 6.29 Å². The number of hydrogen-bond donors (Lipinski definition) is 2. The highest BCUT2D eigenvalue weighted by molar-refractivity contribution is 9.10. The molecule has 1 rings (SSSR count). The van der Waals surface area contributed by atoms with E-state index in [1.54, 1.807) is 0 Å². The molecular weight excluding hydrogens is 274 g/mol. The normalized spacial score (nSPS) is 11.8. The average Bonchev–Trinajstić information content (AvgIpc) is 2.26. The van der Waals surface area contributed by atoms with Crippen molar-refractivity contribution in [2.75, 3.05) is 0 Å². The molecule has 0 saturated carbocycles. The molecule has 1 amide bonds. The van der Waals surface area contributed by atoms with Gasteiger partial charge in [0.2, 0.25) is 0 Å². The predicted octanol–water partition coefficient (Wildman–Crippen LogP) is 2.22. The number of carbonyl (C=O) groups is 2. The van der Waals surface area contributed by atoms with Gasteiger partial charge in [0, 0.05) is 4.47 Å². The summed E-state index contributed by atoms with van der Waals surface area (Å²) in [6.07, 6.45) is 0.578. The van der Waals surface area contributed by atoms with Crippen LogP contribution < -0.4 is 5.32 Å². The van der Waals surface area contributed by atoms with Gasteiger partial charge in [-0.3, -0.25) is 0 Å². The second kappa shape index (κ2) is 6.27. The first-order chi connectivity index (χ1) is 7.61. The standard InChI is InChI=1S/C11H12BrNO3/c12-9-4-1-8(2-5-9)3-6-10(7-14)13-11(15)16/h1-2,4-5,7,10,13H,3,6H2,(H,15,16)/t10-/m0/s1. The zero-order valence-corrected chi connectivity index (χ0v) is 10.1. The second-order valence-electron chi connectivity index (χ2n) is 3.36. The Labute approximate surface area is 102 Å². The van der Waals surface area contributed by atoms with Crippen LogP contribution in [0.15, 0.2) is 28.7 Å². The van der Waals surface area contributed by atoms with Gasteiger partial charge in [-0.15, -0.1) is 0 Å². The molecule has 0 radical (unpaired) electrons. The van der Waals surface area contributed by atoms with Gasteiger partial charge in [0.25, 0.3) is 0 Å². The summed E-state index contributed by atoms with van der Waals surface area (Å²) >= 11 is 3.33. The SMILES string of the molecule is O=C[C@H](CCc1ccc(Br)cc1)NC(=O)O. The van der Waals surface area contributed by atoms with E-state index < -0.39 is 12.1 Å². The molecule has 0 aliphatic carbocycles. The van der Waals surface area contributed by atoms with Gasteiger partial charge < -0.3 is 15.2 Å². The average molecular weight is 286 g/mol. The highest BCUT2D eigenvalue weighted by Crippen LogP contribution is 2.12. The van der Waals surface area contributed by atoms with Crippen LogP contribution in [0.5, 0.6) is 0 Å². The molecule has 1 atom stereocenters. The highest BCUT2D eigenvalue weighted by Gasteiger charge is 2.09. The molecule has 0 aliphatic rings. The van der Waals surface area contributed by atoms with Crippen LogP contribution >= 0.6 is 15.9 Å². The number of hydrogen-bond acceptors (Lipinski definition) is 2. The minimum atomic E-state index is -1.17. The maximum atomic E-state index is 10.6. The van der Waals surface area contributed by atoms with Crippen LogP contribution in [0.25, 0.3) is 0 Å². The molecule has 0 aromatic heterocycles. The van der Waals surface area contributed by atoms with Crippen molar-refractivity contribution in [1.82, 2.24) is 5.32 Å².